The molecule has 2 atom stereocenters. The van der Waals surface area contributed by atoms with Crippen LogP contribution in [0.1, 0.15) is 74.2 Å². The minimum atomic E-state index is -4.78. The first-order chi connectivity index (χ1) is 20.1. The van der Waals surface area contributed by atoms with Crippen molar-refractivity contribution in [1.82, 2.24) is 16.0 Å². The van der Waals surface area contributed by atoms with Crippen molar-refractivity contribution in [3.05, 3.63) is 64.2 Å². The van der Waals surface area contributed by atoms with Crippen molar-refractivity contribution in [3.8, 4) is 0 Å². The summed E-state index contributed by atoms with van der Waals surface area (Å²) in [7, 11) is 0. The Labute approximate surface area is 255 Å². The number of carbonyl (C=O) groups excluding carboxylic acids is 4. The lowest BCUT2D eigenvalue weighted by Gasteiger charge is -2.37. The van der Waals surface area contributed by atoms with Crippen LogP contribution >= 0.6 is 0 Å². The molecule has 10 nitrogen and oxygen atoms in total. The molecular formula is C31H42F3N5O5. The normalized spacial score (nSPS) is 13.4. The van der Waals surface area contributed by atoms with Gasteiger partial charge in [0.05, 0.1) is 23.4 Å². The van der Waals surface area contributed by atoms with E-state index in [4.69, 9.17) is 10.5 Å². The summed E-state index contributed by atoms with van der Waals surface area (Å²) < 4.78 is 45.3. The summed E-state index contributed by atoms with van der Waals surface area (Å²) in [5.41, 5.74) is 5.39. The van der Waals surface area contributed by atoms with Gasteiger partial charge in [-0.3, -0.25) is 19.7 Å². The fraction of sp³-hybridized carbons (Fsp3) is 0.484. The van der Waals surface area contributed by atoms with Gasteiger partial charge in [-0.1, -0.05) is 44.5 Å². The highest BCUT2D eigenvalue weighted by Gasteiger charge is 2.37. The van der Waals surface area contributed by atoms with Gasteiger partial charge in [0.2, 0.25) is 11.8 Å². The molecule has 2 unspecified atom stereocenters. The fourth-order valence-electron chi connectivity index (χ4n) is 4.42. The Hall–Kier alpha value is -4.13. The highest BCUT2D eigenvalue weighted by Crippen LogP contribution is 2.32. The lowest BCUT2D eigenvalue weighted by Crippen LogP contribution is -2.61. The predicted octanol–water partition coefficient (Wildman–Crippen LogP) is 4.57. The molecule has 0 bridgehead atoms. The standard InChI is InChI=1S/C31H42F3N5O5/c1-17-9-10-19(18(2)13-17)15-36-25(29(3,4)5)24(26(35)41)39-23(40)16-37-27(42)21-14-20(31(32,33)34)11-12-22(21)38-28(43)44-30(6,7)8/h9-14,24-25,36H,15-16H2,1-8H3,(H2,35,41)(H,37,42)(H,38,43)(H,39,40). The first kappa shape index (κ1) is 36.1. The van der Waals surface area contributed by atoms with Crippen molar-refractivity contribution in [2.75, 3.05) is 11.9 Å². The van der Waals surface area contributed by atoms with Crippen LogP contribution in [0.5, 0.6) is 0 Å². The number of aryl methyl sites for hydroxylation is 2. The van der Waals surface area contributed by atoms with E-state index in [9.17, 15) is 32.3 Å². The van der Waals surface area contributed by atoms with Crippen molar-refractivity contribution in [2.24, 2.45) is 11.1 Å². The lowest BCUT2D eigenvalue weighted by molar-refractivity contribution is -0.137. The van der Waals surface area contributed by atoms with Crippen molar-refractivity contribution >= 4 is 29.5 Å². The van der Waals surface area contributed by atoms with Crippen molar-refractivity contribution in [2.45, 2.75) is 85.8 Å². The number of halogens is 3. The summed E-state index contributed by atoms with van der Waals surface area (Å²) in [6, 6.07) is 6.30. The number of nitrogens with two attached hydrogens (primary N) is 1. The monoisotopic (exact) mass is 621 g/mol. The number of nitrogens with one attached hydrogen (secondary N) is 4. The van der Waals surface area contributed by atoms with E-state index in [-0.39, 0.29) is 5.69 Å². The van der Waals surface area contributed by atoms with E-state index in [0.29, 0.717) is 18.7 Å². The average Bonchev–Trinajstić information content (AvgIpc) is 2.85. The fourth-order valence-corrected chi connectivity index (χ4v) is 4.42. The van der Waals surface area contributed by atoms with Gasteiger partial charge in [0.1, 0.15) is 11.6 Å². The molecule has 13 heteroatoms. The maximum absolute atomic E-state index is 13.4. The molecule has 0 radical (unpaired) electrons. The Morgan fingerprint density at radius 3 is 2.09 bits per heavy atom. The van der Waals surface area contributed by atoms with Gasteiger partial charge in [-0.25, -0.2) is 4.79 Å². The van der Waals surface area contributed by atoms with Gasteiger partial charge in [-0.2, -0.15) is 13.2 Å². The van der Waals surface area contributed by atoms with E-state index in [2.05, 4.69) is 21.3 Å². The quantitative estimate of drug-likeness (QED) is 0.262. The number of anilines is 1. The topological polar surface area (TPSA) is 152 Å². The first-order valence-corrected chi connectivity index (χ1v) is 14.0. The molecule has 0 saturated heterocycles. The Balaban J connectivity index is 2.22. The molecule has 242 valence electrons. The van der Waals surface area contributed by atoms with Crippen LogP contribution in [-0.4, -0.2) is 48.0 Å². The molecule has 4 amide bonds. The largest absolute Gasteiger partial charge is 0.444 e. The van der Waals surface area contributed by atoms with E-state index in [0.717, 1.165) is 22.8 Å². The molecule has 6 N–H and O–H groups in total. The molecule has 0 heterocycles. The van der Waals surface area contributed by atoms with Crippen LogP contribution in [0, 0.1) is 19.3 Å². The first-order valence-electron chi connectivity index (χ1n) is 14.0. The predicted molar refractivity (Wildman–Crippen MR) is 161 cm³/mol. The number of benzene rings is 2. The Morgan fingerprint density at radius 2 is 1.57 bits per heavy atom. The SMILES string of the molecule is Cc1ccc(CNC(C(NC(=O)CNC(=O)c2cc(C(F)(F)F)ccc2NC(=O)OC(C)(C)C)C(N)=O)C(C)(C)C)c(C)c1. The van der Waals surface area contributed by atoms with Crippen LogP contribution in [0.2, 0.25) is 0 Å². The van der Waals surface area contributed by atoms with Gasteiger partial charge in [0.25, 0.3) is 5.91 Å². The zero-order valence-corrected chi connectivity index (χ0v) is 26.3. The highest BCUT2D eigenvalue weighted by atomic mass is 19.4. The molecular weight excluding hydrogens is 579 g/mol. The number of amides is 4. The van der Waals surface area contributed by atoms with Crippen LogP contribution in [-0.2, 0) is 27.0 Å². The molecule has 0 saturated carbocycles. The second-order valence-electron chi connectivity index (χ2n) is 12.7. The zero-order valence-electron chi connectivity index (χ0n) is 26.3. The van der Waals surface area contributed by atoms with E-state index >= 15 is 0 Å². The minimum Gasteiger partial charge on any atom is -0.444 e. The number of ether oxygens (including phenoxy) is 1. The molecule has 0 aliphatic carbocycles. The van der Waals surface area contributed by atoms with Crippen molar-refractivity contribution < 1.29 is 37.1 Å². The third-order valence-electron chi connectivity index (χ3n) is 6.54. The Kier molecular flexibility index (Phi) is 11.6. The Bertz CT molecular complexity index is 1380. The summed E-state index contributed by atoms with van der Waals surface area (Å²) in [4.78, 5) is 50.7. The molecule has 2 rings (SSSR count). The van der Waals surface area contributed by atoms with Gasteiger partial charge >= 0.3 is 12.3 Å². The Morgan fingerprint density at radius 1 is 0.932 bits per heavy atom. The molecule has 0 fully saturated rings. The molecule has 2 aromatic rings. The highest BCUT2D eigenvalue weighted by molar-refractivity contribution is 6.04. The maximum Gasteiger partial charge on any atom is 0.416 e. The van der Waals surface area contributed by atoms with Gasteiger partial charge in [-0.15, -0.1) is 0 Å². The number of rotatable bonds is 10. The third kappa shape index (κ3) is 10.9. The molecule has 2 aromatic carbocycles. The minimum absolute atomic E-state index is 0.261. The molecule has 0 aliphatic rings. The van der Waals surface area contributed by atoms with Crippen molar-refractivity contribution in [1.29, 1.82) is 0 Å². The number of hydrogen-bond donors (Lipinski definition) is 5. The maximum atomic E-state index is 13.4. The smallest absolute Gasteiger partial charge is 0.416 e. The summed E-state index contributed by atoms with van der Waals surface area (Å²) in [5, 5.41) is 10.4. The zero-order chi connectivity index (χ0) is 33.6. The van der Waals surface area contributed by atoms with Crippen LogP contribution < -0.4 is 27.0 Å². The number of alkyl halides is 3. The summed E-state index contributed by atoms with van der Waals surface area (Å²) >= 11 is 0. The van der Waals surface area contributed by atoms with E-state index in [1.807, 2.05) is 52.8 Å². The molecule has 0 spiro atoms. The number of primary amides is 1. The molecule has 0 aromatic heterocycles. The molecule has 44 heavy (non-hydrogen) atoms. The van der Waals surface area contributed by atoms with Crippen LogP contribution in [0.3, 0.4) is 0 Å². The van der Waals surface area contributed by atoms with Crippen molar-refractivity contribution in [3.63, 3.8) is 0 Å². The third-order valence-corrected chi connectivity index (χ3v) is 6.54. The van der Waals surface area contributed by atoms with Crippen LogP contribution in [0.25, 0.3) is 0 Å². The summed E-state index contributed by atoms with van der Waals surface area (Å²) in [6.07, 6.45) is -5.77. The van der Waals surface area contributed by atoms with Gasteiger partial charge in [-0.05, 0) is 69.4 Å². The average molecular weight is 622 g/mol. The lowest BCUT2D eigenvalue weighted by atomic mass is 9.81. The van der Waals surface area contributed by atoms with Crippen LogP contribution in [0.4, 0.5) is 23.7 Å². The van der Waals surface area contributed by atoms with E-state index in [1.165, 1.54) is 0 Å². The second-order valence-corrected chi connectivity index (χ2v) is 12.7. The van der Waals surface area contributed by atoms with Gasteiger partial charge in [0, 0.05) is 12.6 Å². The van der Waals surface area contributed by atoms with Crippen LogP contribution in [0.15, 0.2) is 36.4 Å². The number of carbonyl (C=O) groups is 4. The summed E-state index contributed by atoms with van der Waals surface area (Å²) in [6.45, 7) is 14.0. The van der Waals surface area contributed by atoms with Gasteiger partial charge in [0.15, 0.2) is 0 Å². The van der Waals surface area contributed by atoms with E-state index in [1.54, 1.807) is 20.8 Å². The summed E-state index contributed by atoms with van der Waals surface area (Å²) in [5.74, 6) is -2.70. The number of hydrogen-bond acceptors (Lipinski definition) is 6. The second kappa shape index (κ2) is 14.1. The van der Waals surface area contributed by atoms with E-state index < -0.39 is 70.8 Å². The van der Waals surface area contributed by atoms with Gasteiger partial charge < -0.3 is 26.4 Å². The molecule has 0 aliphatic heterocycles.